The van der Waals surface area contributed by atoms with E-state index in [4.69, 9.17) is 0 Å². The van der Waals surface area contributed by atoms with Gasteiger partial charge in [0.25, 0.3) is 5.91 Å². The van der Waals surface area contributed by atoms with Gasteiger partial charge in [-0.25, -0.2) is 0 Å². The lowest BCUT2D eigenvalue weighted by molar-refractivity contribution is -0.138. The van der Waals surface area contributed by atoms with Crippen LogP contribution in [0.3, 0.4) is 0 Å². The Labute approximate surface area is 103 Å². The molecule has 6 heteroatoms. The second kappa shape index (κ2) is 4.96. The summed E-state index contributed by atoms with van der Waals surface area (Å²) < 4.78 is 38.3. The first-order valence-electron chi connectivity index (χ1n) is 5.80. The first-order valence-corrected chi connectivity index (χ1v) is 5.80. The van der Waals surface area contributed by atoms with Gasteiger partial charge in [0.1, 0.15) is 0 Å². The zero-order valence-corrected chi connectivity index (χ0v) is 9.70. The third-order valence-corrected chi connectivity index (χ3v) is 3.00. The smallest absolute Gasteiger partial charge is 0.339 e. The van der Waals surface area contributed by atoms with E-state index in [-0.39, 0.29) is 5.56 Å². The Kier molecular flexibility index (Phi) is 3.54. The van der Waals surface area contributed by atoms with Gasteiger partial charge in [-0.3, -0.25) is 9.78 Å². The third kappa shape index (κ3) is 2.63. The number of pyridine rings is 1. The van der Waals surface area contributed by atoms with E-state index in [0.717, 1.165) is 37.7 Å². The van der Waals surface area contributed by atoms with Gasteiger partial charge < -0.3 is 4.90 Å². The fourth-order valence-electron chi connectivity index (χ4n) is 2.08. The maximum Gasteiger partial charge on any atom is 0.417 e. The fourth-order valence-corrected chi connectivity index (χ4v) is 2.08. The summed E-state index contributed by atoms with van der Waals surface area (Å²) in [6.45, 7) is 1.04. The molecule has 1 amide bonds. The molecule has 18 heavy (non-hydrogen) atoms. The molecule has 1 aliphatic heterocycles. The van der Waals surface area contributed by atoms with Crippen molar-refractivity contribution in [3.63, 3.8) is 0 Å². The maximum absolute atomic E-state index is 12.8. The van der Waals surface area contributed by atoms with Crippen molar-refractivity contribution in [1.82, 2.24) is 9.88 Å². The number of halogens is 3. The molecule has 2 rings (SSSR count). The highest BCUT2D eigenvalue weighted by molar-refractivity contribution is 5.95. The van der Waals surface area contributed by atoms with Crippen molar-refractivity contribution in [2.24, 2.45) is 0 Å². The van der Waals surface area contributed by atoms with Gasteiger partial charge in [0.2, 0.25) is 0 Å². The molecule has 0 aliphatic carbocycles. The van der Waals surface area contributed by atoms with Crippen LogP contribution < -0.4 is 0 Å². The largest absolute Gasteiger partial charge is 0.417 e. The number of hydrogen-bond donors (Lipinski definition) is 0. The molecule has 1 aliphatic rings. The van der Waals surface area contributed by atoms with E-state index < -0.39 is 17.6 Å². The monoisotopic (exact) mass is 258 g/mol. The zero-order valence-electron chi connectivity index (χ0n) is 9.70. The lowest BCUT2D eigenvalue weighted by Crippen LogP contribution is -2.36. The number of alkyl halides is 3. The SMILES string of the molecule is O=C(c1cnccc1C(F)(F)F)N1CCCCC1. The average Bonchev–Trinajstić information content (AvgIpc) is 2.38. The molecule has 1 aromatic heterocycles. The van der Waals surface area contributed by atoms with Gasteiger partial charge in [-0.1, -0.05) is 0 Å². The number of likely N-dealkylation sites (tertiary alicyclic amines) is 1. The molecule has 0 unspecified atom stereocenters. The number of carbonyl (C=O) groups is 1. The summed E-state index contributed by atoms with van der Waals surface area (Å²) in [5.74, 6) is -0.574. The van der Waals surface area contributed by atoms with Gasteiger partial charge in [0.05, 0.1) is 11.1 Å². The summed E-state index contributed by atoms with van der Waals surface area (Å²) in [7, 11) is 0. The van der Waals surface area contributed by atoms with Crippen LogP contribution in [0.25, 0.3) is 0 Å². The number of amides is 1. The van der Waals surface area contributed by atoms with Gasteiger partial charge in [-0.2, -0.15) is 13.2 Å². The van der Waals surface area contributed by atoms with E-state index in [1.807, 2.05) is 0 Å². The van der Waals surface area contributed by atoms with Gasteiger partial charge in [0, 0.05) is 25.5 Å². The Morgan fingerprint density at radius 1 is 1.22 bits per heavy atom. The predicted octanol–water partition coefficient (Wildman–Crippen LogP) is 2.73. The van der Waals surface area contributed by atoms with Crippen molar-refractivity contribution in [2.75, 3.05) is 13.1 Å². The highest BCUT2D eigenvalue weighted by Gasteiger charge is 2.36. The van der Waals surface area contributed by atoms with Gasteiger partial charge in [0.15, 0.2) is 0 Å². The van der Waals surface area contributed by atoms with E-state index >= 15 is 0 Å². The van der Waals surface area contributed by atoms with Gasteiger partial charge in [-0.05, 0) is 25.3 Å². The molecule has 0 atom stereocenters. The number of carbonyl (C=O) groups excluding carboxylic acids is 1. The van der Waals surface area contributed by atoms with Crippen molar-refractivity contribution in [2.45, 2.75) is 25.4 Å². The summed E-state index contributed by atoms with van der Waals surface area (Å²) in [6, 6.07) is 0.844. The van der Waals surface area contributed by atoms with Crippen LogP contribution in [0.5, 0.6) is 0 Å². The first-order chi connectivity index (χ1) is 8.50. The van der Waals surface area contributed by atoms with Crippen LogP contribution in [0.1, 0.15) is 35.2 Å². The van der Waals surface area contributed by atoms with Crippen LogP contribution in [-0.4, -0.2) is 28.9 Å². The minimum atomic E-state index is -4.52. The molecule has 0 spiro atoms. The number of aromatic nitrogens is 1. The molecule has 0 aromatic carbocycles. The summed E-state index contributed by atoms with van der Waals surface area (Å²) in [4.78, 5) is 17.1. The molecule has 98 valence electrons. The van der Waals surface area contributed by atoms with E-state index in [1.165, 1.54) is 4.90 Å². The molecule has 0 N–H and O–H groups in total. The molecular formula is C12H13F3N2O. The van der Waals surface area contributed by atoms with E-state index in [0.29, 0.717) is 13.1 Å². The van der Waals surface area contributed by atoms with E-state index in [2.05, 4.69) is 4.98 Å². The predicted molar refractivity (Wildman–Crippen MR) is 59.0 cm³/mol. The zero-order chi connectivity index (χ0) is 13.2. The fraction of sp³-hybridized carbons (Fsp3) is 0.500. The van der Waals surface area contributed by atoms with Crippen LogP contribution in [0.2, 0.25) is 0 Å². The van der Waals surface area contributed by atoms with Gasteiger partial charge in [-0.15, -0.1) is 0 Å². The Morgan fingerprint density at radius 2 is 1.89 bits per heavy atom. The first kappa shape index (κ1) is 12.9. The van der Waals surface area contributed by atoms with Crippen LogP contribution in [0.4, 0.5) is 13.2 Å². The van der Waals surface area contributed by atoms with Crippen LogP contribution in [-0.2, 0) is 6.18 Å². The second-order valence-electron chi connectivity index (χ2n) is 4.27. The lowest BCUT2D eigenvalue weighted by Gasteiger charge is -2.27. The molecule has 1 saturated heterocycles. The van der Waals surface area contributed by atoms with Crippen molar-refractivity contribution in [1.29, 1.82) is 0 Å². The number of piperidine rings is 1. The molecule has 1 aromatic rings. The normalized spacial score (nSPS) is 16.7. The molecule has 0 bridgehead atoms. The summed E-state index contributed by atoms with van der Waals surface area (Å²) in [6.07, 6.45) is 0.225. The molecule has 3 nitrogen and oxygen atoms in total. The van der Waals surface area contributed by atoms with Crippen LogP contribution in [0, 0.1) is 0 Å². The van der Waals surface area contributed by atoms with E-state index in [1.54, 1.807) is 0 Å². The van der Waals surface area contributed by atoms with Crippen molar-refractivity contribution in [3.8, 4) is 0 Å². The van der Waals surface area contributed by atoms with E-state index in [9.17, 15) is 18.0 Å². The maximum atomic E-state index is 12.8. The standard InChI is InChI=1S/C12H13F3N2O/c13-12(14,15)10-4-5-16-8-9(10)11(18)17-6-2-1-3-7-17/h4-5,8H,1-3,6-7H2. The Hall–Kier alpha value is -1.59. The quantitative estimate of drug-likeness (QED) is 0.776. The number of nitrogens with zero attached hydrogens (tertiary/aromatic N) is 2. The van der Waals surface area contributed by atoms with Gasteiger partial charge >= 0.3 is 6.18 Å². The van der Waals surface area contributed by atoms with Crippen LogP contribution in [0.15, 0.2) is 18.5 Å². The molecule has 2 heterocycles. The molecule has 0 saturated carbocycles. The Morgan fingerprint density at radius 3 is 2.50 bits per heavy atom. The summed E-state index contributed by atoms with van der Waals surface area (Å²) >= 11 is 0. The number of hydrogen-bond acceptors (Lipinski definition) is 2. The highest BCUT2D eigenvalue weighted by Crippen LogP contribution is 2.32. The minimum Gasteiger partial charge on any atom is -0.339 e. The van der Waals surface area contributed by atoms with Crippen molar-refractivity contribution in [3.05, 3.63) is 29.6 Å². The summed E-state index contributed by atoms with van der Waals surface area (Å²) in [5, 5.41) is 0. The average molecular weight is 258 g/mol. The second-order valence-corrected chi connectivity index (χ2v) is 4.27. The van der Waals surface area contributed by atoms with Crippen molar-refractivity contribution >= 4 is 5.91 Å². The molecular weight excluding hydrogens is 245 g/mol. The van der Waals surface area contributed by atoms with Crippen molar-refractivity contribution < 1.29 is 18.0 Å². The summed E-state index contributed by atoms with van der Waals surface area (Å²) in [5.41, 5.74) is -1.26. The minimum absolute atomic E-state index is 0.355. The lowest BCUT2D eigenvalue weighted by atomic mass is 10.1. The topological polar surface area (TPSA) is 33.2 Å². The third-order valence-electron chi connectivity index (χ3n) is 3.00. The molecule has 1 fully saturated rings. The Bertz CT molecular complexity index is 439. The Balaban J connectivity index is 2.30. The number of rotatable bonds is 1. The molecule has 0 radical (unpaired) electrons. The van der Waals surface area contributed by atoms with Crippen LogP contribution >= 0.6 is 0 Å². The highest BCUT2D eigenvalue weighted by atomic mass is 19.4.